The normalized spacial score (nSPS) is 6.14. The van der Waals surface area contributed by atoms with Crippen molar-refractivity contribution < 1.29 is 9.90 Å². The number of carbonyl (C=O) groups is 1. The van der Waals surface area contributed by atoms with E-state index in [4.69, 9.17) is 9.90 Å². The van der Waals surface area contributed by atoms with E-state index in [2.05, 4.69) is 24.2 Å². The Labute approximate surface area is 52.9 Å². The molecule has 0 unspecified atom stereocenters. The Morgan fingerprint density at radius 1 is 2.00 bits per heavy atom. The fourth-order valence-electron chi connectivity index (χ4n) is 0. The first-order chi connectivity index (χ1) is 3.15. The topological polar surface area (TPSA) is 37.3 Å². The Kier molecular flexibility index (Phi) is 13.7. The molecule has 0 heterocycles. The minimum absolute atomic E-state index is 0.944. The second-order valence-corrected chi connectivity index (χ2v) is 1.52. The maximum atomic E-state index is 8.77. The Morgan fingerprint density at radius 3 is 2.00 bits per heavy atom. The van der Waals surface area contributed by atoms with E-state index in [-0.39, 0.29) is 0 Å². The van der Waals surface area contributed by atoms with E-state index < -0.39 is 5.43 Å². The summed E-state index contributed by atoms with van der Waals surface area (Å²) in [5.74, 6) is 0.944. The molecule has 0 atom stereocenters. The van der Waals surface area contributed by atoms with Gasteiger partial charge in [0.15, 0.2) is 0 Å². The van der Waals surface area contributed by atoms with Crippen molar-refractivity contribution in [3.05, 3.63) is 0 Å². The van der Waals surface area contributed by atoms with Crippen molar-refractivity contribution >= 4 is 29.7 Å². The molecule has 0 radical (unpaired) electrons. The Hall–Kier alpha value is 0.110. The average molecular weight is 143 g/mol. The zero-order chi connectivity index (χ0) is 6.28. The fraction of sp³-hybridized carbons (Fsp3) is 0.667. The molecule has 0 bridgehead atoms. The molecule has 0 saturated heterocycles. The number of thiol groups is 1. The zero-order valence-electron chi connectivity index (χ0n) is 3.89. The lowest BCUT2D eigenvalue weighted by Gasteiger charge is -1.55. The maximum Gasteiger partial charge on any atom is 0.401 e. The first kappa shape index (κ1) is 10.2. The van der Waals surface area contributed by atoms with Crippen LogP contribution < -0.4 is 0 Å². The summed E-state index contributed by atoms with van der Waals surface area (Å²) >= 11 is 7.98. The van der Waals surface area contributed by atoms with Gasteiger partial charge in [-0.15, -0.1) is 0 Å². The van der Waals surface area contributed by atoms with E-state index in [1.807, 2.05) is 6.92 Å². The second kappa shape index (κ2) is 9.44. The zero-order valence-corrected chi connectivity index (χ0v) is 5.54. The van der Waals surface area contributed by atoms with Gasteiger partial charge in [-0.1, -0.05) is 6.92 Å². The molecule has 4 heteroatoms. The lowest BCUT2D eigenvalue weighted by molar-refractivity contribution is 0.220. The van der Waals surface area contributed by atoms with Crippen LogP contribution in [0.15, 0.2) is 0 Å². The highest BCUT2D eigenvalue weighted by Crippen LogP contribution is 1.67. The minimum Gasteiger partial charge on any atom is -0.469 e. The summed E-state index contributed by atoms with van der Waals surface area (Å²) in [6, 6.07) is 0. The molecule has 0 aromatic rings. The van der Waals surface area contributed by atoms with Gasteiger partial charge >= 0.3 is 5.43 Å². The molecule has 0 saturated carbocycles. The molecule has 0 amide bonds. The smallest absolute Gasteiger partial charge is 0.401 e. The van der Waals surface area contributed by atoms with Gasteiger partial charge in [0.2, 0.25) is 0 Å². The van der Waals surface area contributed by atoms with E-state index in [1.165, 1.54) is 0 Å². The number of hydrogen-bond acceptors (Lipinski definition) is 2. The van der Waals surface area contributed by atoms with Gasteiger partial charge in [-0.05, 0) is 5.75 Å². The number of carboxylic acid groups (broad SMARTS) is 1. The summed E-state index contributed by atoms with van der Waals surface area (Å²) in [6.45, 7) is 1.99. The highest BCUT2D eigenvalue weighted by atomic mass is 35.5. The highest BCUT2D eigenvalue weighted by molar-refractivity contribution is 7.80. The average Bonchev–Trinajstić information content (AvgIpc) is 1.33. The van der Waals surface area contributed by atoms with Crippen molar-refractivity contribution in [2.75, 3.05) is 5.75 Å². The molecular weight excluding hydrogens is 136 g/mol. The number of halogens is 1. The third-order valence-corrected chi connectivity index (χ3v) is 0. The van der Waals surface area contributed by atoms with Crippen molar-refractivity contribution in [1.29, 1.82) is 0 Å². The molecule has 0 aliphatic heterocycles. The molecular formula is C3H7ClO2S. The third-order valence-electron chi connectivity index (χ3n) is 0. The Morgan fingerprint density at radius 2 is 2.00 bits per heavy atom. The van der Waals surface area contributed by atoms with Gasteiger partial charge in [0.25, 0.3) is 0 Å². The second-order valence-electron chi connectivity index (χ2n) is 0.569. The minimum atomic E-state index is -1.36. The Balaban J connectivity index is 0. The molecule has 0 spiro atoms. The fourth-order valence-corrected chi connectivity index (χ4v) is 0. The monoisotopic (exact) mass is 142 g/mol. The van der Waals surface area contributed by atoms with Crippen LogP contribution in [-0.2, 0) is 0 Å². The molecule has 44 valence electrons. The largest absolute Gasteiger partial charge is 0.469 e. The van der Waals surface area contributed by atoms with Crippen LogP contribution in [0.2, 0.25) is 0 Å². The summed E-state index contributed by atoms with van der Waals surface area (Å²) in [5, 5.41) is 7.18. The summed E-state index contributed by atoms with van der Waals surface area (Å²) in [7, 11) is 0. The third kappa shape index (κ3) is 8530. The van der Waals surface area contributed by atoms with Crippen LogP contribution in [0.1, 0.15) is 6.92 Å². The van der Waals surface area contributed by atoms with Gasteiger partial charge in [0.05, 0.1) is 0 Å². The van der Waals surface area contributed by atoms with Crippen LogP contribution in [0.5, 0.6) is 0 Å². The Bertz CT molecular complexity index is 44.2. The van der Waals surface area contributed by atoms with Crippen LogP contribution in [0.25, 0.3) is 0 Å². The number of hydrogen-bond donors (Lipinski definition) is 2. The van der Waals surface area contributed by atoms with Crippen LogP contribution in [0, 0.1) is 0 Å². The lowest BCUT2D eigenvalue weighted by atomic mass is 11.0. The molecule has 0 aliphatic carbocycles. The van der Waals surface area contributed by atoms with E-state index in [1.54, 1.807) is 0 Å². The van der Waals surface area contributed by atoms with Gasteiger partial charge in [-0.2, -0.15) is 12.6 Å². The summed E-state index contributed by atoms with van der Waals surface area (Å²) in [5.41, 5.74) is -1.36. The van der Waals surface area contributed by atoms with E-state index in [0.29, 0.717) is 0 Å². The molecule has 0 aliphatic rings. The highest BCUT2D eigenvalue weighted by Gasteiger charge is 1.71. The molecule has 7 heavy (non-hydrogen) atoms. The van der Waals surface area contributed by atoms with Crippen LogP contribution in [0.4, 0.5) is 4.79 Å². The lowest BCUT2D eigenvalue weighted by Crippen LogP contribution is -1.66. The predicted octanol–water partition coefficient (Wildman–Crippen LogP) is 1.84. The quantitative estimate of drug-likeness (QED) is 0.400. The van der Waals surface area contributed by atoms with Gasteiger partial charge in [-0.3, -0.25) is 0 Å². The molecule has 0 fully saturated rings. The van der Waals surface area contributed by atoms with Gasteiger partial charge in [0.1, 0.15) is 0 Å². The molecule has 0 aromatic carbocycles. The van der Waals surface area contributed by atoms with E-state index in [0.717, 1.165) is 5.75 Å². The summed E-state index contributed by atoms with van der Waals surface area (Å²) in [6.07, 6.45) is 0. The van der Waals surface area contributed by atoms with Crippen molar-refractivity contribution in [3.8, 4) is 0 Å². The summed E-state index contributed by atoms with van der Waals surface area (Å²) in [4.78, 5) is 8.77. The standard InChI is InChI=1S/C2H6S.CHClO2/c1-2-3;2-1(3)4/h3H,2H2,1H3;(H,3,4). The van der Waals surface area contributed by atoms with E-state index in [9.17, 15) is 0 Å². The SMILES string of the molecule is CCS.O=C(O)Cl. The van der Waals surface area contributed by atoms with Gasteiger partial charge in [0, 0.05) is 11.6 Å². The van der Waals surface area contributed by atoms with Crippen molar-refractivity contribution in [2.24, 2.45) is 0 Å². The molecule has 2 nitrogen and oxygen atoms in total. The predicted molar refractivity (Wildman–Crippen MR) is 33.4 cm³/mol. The van der Waals surface area contributed by atoms with Crippen LogP contribution >= 0.6 is 24.2 Å². The number of rotatable bonds is 0. The first-order valence-corrected chi connectivity index (χ1v) is 2.65. The maximum absolute atomic E-state index is 8.77. The van der Waals surface area contributed by atoms with Crippen LogP contribution in [0.3, 0.4) is 0 Å². The van der Waals surface area contributed by atoms with Crippen molar-refractivity contribution in [1.82, 2.24) is 0 Å². The van der Waals surface area contributed by atoms with Gasteiger partial charge < -0.3 is 5.11 Å². The van der Waals surface area contributed by atoms with Crippen molar-refractivity contribution in [2.45, 2.75) is 6.92 Å². The molecule has 1 N–H and O–H groups in total. The van der Waals surface area contributed by atoms with Gasteiger partial charge in [-0.25, -0.2) is 4.79 Å². The van der Waals surface area contributed by atoms with E-state index >= 15 is 0 Å². The molecule has 0 aromatic heterocycles. The molecule has 0 rings (SSSR count). The first-order valence-electron chi connectivity index (χ1n) is 1.64. The van der Waals surface area contributed by atoms with Crippen molar-refractivity contribution in [3.63, 3.8) is 0 Å². The van der Waals surface area contributed by atoms with Crippen LogP contribution in [-0.4, -0.2) is 16.3 Å². The summed E-state index contributed by atoms with van der Waals surface area (Å²) < 4.78 is 0.